The largest absolute Gasteiger partial charge is 0.395 e. The Hall–Kier alpha value is -0.410. The molecule has 0 amide bonds. The summed E-state index contributed by atoms with van der Waals surface area (Å²) in [6, 6.07) is 1.02. The van der Waals surface area contributed by atoms with Crippen LogP contribution in [0, 0.1) is 11.7 Å². The maximum absolute atomic E-state index is 14.0. The van der Waals surface area contributed by atoms with E-state index in [-0.39, 0.29) is 28.3 Å². The second-order valence-corrected chi connectivity index (χ2v) is 7.75. The van der Waals surface area contributed by atoms with Gasteiger partial charge in [-0.2, -0.15) is 0 Å². The third kappa shape index (κ3) is 4.29. The smallest absolute Gasteiger partial charge is 0.243 e. The molecule has 3 N–H and O–H groups in total. The molecule has 0 saturated heterocycles. The van der Waals surface area contributed by atoms with Gasteiger partial charge in [-0.25, -0.2) is 17.5 Å². The van der Waals surface area contributed by atoms with Gasteiger partial charge in [-0.3, -0.25) is 0 Å². The predicted molar refractivity (Wildman–Crippen MR) is 82.3 cm³/mol. The first-order valence-electron chi connectivity index (χ1n) is 6.33. The van der Waals surface area contributed by atoms with Gasteiger partial charge in [0.05, 0.1) is 21.8 Å². The van der Waals surface area contributed by atoms with E-state index in [0.717, 1.165) is 18.9 Å². The van der Waals surface area contributed by atoms with Gasteiger partial charge in [-0.15, -0.1) is 0 Å². The molecule has 1 saturated carbocycles. The molecule has 1 aromatic carbocycles. The Kier molecular flexibility index (Phi) is 5.48. The van der Waals surface area contributed by atoms with Gasteiger partial charge in [0.15, 0.2) is 5.82 Å². The summed E-state index contributed by atoms with van der Waals surface area (Å²) < 4.78 is 45.7. The Balaban J connectivity index is 2.01. The quantitative estimate of drug-likeness (QED) is 0.418. The molecule has 1 fully saturated rings. The fraction of sp³-hybridized carbons (Fsp3) is 0.500. The number of ether oxygens (including phenoxy) is 1. The van der Waals surface area contributed by atoms with E-state index in [1.807, 2.05) is 0 Å². The highest BCUT2D eigenvalue weighted by molar-refractivity contribution is 9.10. The van der Waals surface area contributed by atoms with E-state index in [1.54, 1.807) is 0 Å². The Morgan fingerprint density at radius 2 is 2.19 bits per heavy atom. The molecule has 1 aliphatic carbocycles. The maximum atomic E-state index is 14.0. The maximum Gasteiger partial charge on any atom is 0.243 e. The summed E-state index contributed by atoms with van der Waals surface area (Å²) in [5.74, 6) is -0.429. The van der Waals surface area contributed by atoms with Crippen LogP contribution in [0.2, 0.25) is 5.02 Å². The summed E-state index contributed by atoms with van der Waals surface area (Å²) in [6.45, 7) is 0.923. The molecule has 1 aromatic rings. The first-order chi connectivity index (χ1) is 9.83. The van der Waals surface area contributed by atoms with Crippen molar-refractivity contribution >= 4 is 43.2 Å². The molecular formula is C12H15BrClFN2O3S. The fourth-order valence-electron chi connectivity index (χ4n) is 1.66. The van der Waals surface area contributed by atoms with Crippen molar-refractivity contribution in [2.45, 2.75) is 17.7 Å². The minimum absolute atomic E-state index is 0.0271. The van der Waals surface area contributed by atoms with Gasteiger partial charge in [0, 0.05) is 13.2 Å². The second-order valence-electron chi connectivity index (χ2n) is 4.81. The number of hydrogen-bond acceptors (Lipinski definition) is 4. The van der Waals surface area contributed by atoms with Crippen LogP contribution in [0.3, 0.4) is 0 Å². The first-order valence-corrected chi connectivity index (χ1v) is 8.98. The summed E-state index contributed by atoms with van der Waals surface area (Å²) >= 11 is 8.80. The molecule has 1 aliphatic rings. The molecule has 0 bridgehead atoms. The molecule has 5 nitrogen and oxygen atoms in total. The zero-order valence-corrected chi connectivity index (χ0v) is 14.2. The zero-order chi connectivity index (χ0) is 15.6. The minimum Gasteiger partial charge on any atom is -0.395 e. The monoisotopic (exact) mass is 400 g/mol. The summed E-state index contributed by atoms with van der Waals surface area (Å²) in [7, 11) is -4.03. The number of nitrogens with two attached hydrogens (primary N) is 1. The average molecular weight is 402 g/mol. The molecule has 21 heavy (non-hydrogen) atoms. The van der Waals surface area contributed by atoms with Crippen LogP contribution in [-0.2, 0) is 14.8 Å². The minimum atomic E-state index is -4.03. The number of halogens is 3. The summed E-state index contributed by atoms with van der Waals surface area (Å²) in [5.41, 5.74) is 5.13. The van der Waals surface area contributed by atoms with E-state index in [0.29, 0.717) is 12.5 Å². The molecule has 0 heterocycles. The van der Waals surface area contributed by atoms with Crippen molar-refractivity contribution in [3.05, 3.63) is 21.4 Å². The van der Waals surface area contributed by atoms with Gasteiger partial charge in [0.1, 0.15) is 4.90 Å². The Morgan fingerprint density at radius 1 is 1.52 bits per heavy atom. The molecule has 0 spiro atoms. The van der Waals surface area contributed by atoms with Gasteiger partial charge >= 0.3 is 0 Å². The van der Waals surface area contributed by atoms with Crippen LogP contribution in [0.5, 0.6) is 0 Å². The predicted octanol–water partition coefficient (Wildman–Crippen LogP) is 2.53. The third-order valence-electron chi connectivity index (χ3n) is 3.04. The number of anilines is 1. The highest BCUT2D eigenvalue weighted by Crippen LogP contribution is 2.34. The first kappa shape index (κ1) is 17.0. The Morgan fingerprint density at radius 3 is 2.81 bits per heavy atom. The standard InChI is InChI=1S/C12H15BrClFN2O3S/c13-10-8(14)5-9(11(15)12(10)16)21(18,19)17-3-4-20-6-7-1-2-7/h5,7,17H,1-4,6,16H2. The van der Waals surface area contributed by atoms with Crippen LogP contribution in [-0.4, -0.2) is 28.2 Å². The highest BCUT2D eigenvalue weighted by Gasteiger charge is 2.24. The topological polar surface area (TPSA) is 81.4 Å². The number of benzene rings is 1. The molecule has 0 aliphatic heterocycles. The van der Waals surface area contributed by atoms with E-state index in [1.165, 1.54) is 0 Å². The van der Waals surface area contributed by atoms with E-state index in [9.17, 15) is 12.8 Å². The summed E-state index contributed by atoms with van der Waals surface area (Å²) in [5, 5.41) is 0.0271. The van der Waals surface area contributed by atoms with Crippen molar-refractivity contribution in [2.75, 3.05) is 25.5 Å². The Labute approximate surface area is 136 Å². The van der Waals surface area contributed by atoms with Crippen LogP contribution in [0.25, 0.3) is 0 Å². The molecule has 0 aromatic heterocycles. The van der Waals surface area contributed by atoms with Gasteiger partial charge < -0.3 is 10.5 Å². The lowest BCUT2D eigenvalue weighted by molar-refractivity contribution is 0.129. The van der Waals surface area contributed by atoms with Gasteiger partial charge in [0.25, 0.3) is 0 Å². The SMILES string of the molecule is Nc1c(F)c(S(=O)(=O)NCCOCC2CC2)cc(Cl)c1Br. The number of rotatable bonds is 7. The van der Waals surface area contributed by atoms with Crippen molar-refractivity contribution < 1.29 is 17.5 Å². The van der Waals surface area contributed by atoms with Gasteiger partial charge in [-0.1, -0.05) is 11.6 Å². The molecule has 0 atom stereocenters. The number of sulfonamides is 1. The van der Waals surface area contributed by atoms with Crippen LogP contribution in [0.15, 0.2) is 15.4 Å². The lowest BCUT2D eigenvalue weighted by Gasteiger charge is -2.11. The van der Waals surface area contributed by atoms with Crippen molar-refractivity contribution in [3.63, 3.8) is 0 Å². The van der Waals surface area contributed by atoms with Crippen LogP contribution < -0.4 is 10.5 Å². The molecule has 0 unspecified atom stereocenters. The van der Waals surface area contributed by atoms with Crippen molar-refractivity contribution in [1.82, 2.24) is 4.72 Å². The molecule has 9 heteroatoms. The van der Waals surface area contributed by atoms with Crippen LogP contribution in [0.1, 0.15) is 12.8 Å². The van der Waals surface area contributed by atoms with Crippen molar-refractivity contribution in [1.29, 1.82) is 0 Å². The lowest BCUT2D eigenvalue weighted by Crippen LogP contribution is -2.28. The molecule has 0 radical (unpaired) electrons. The second kappa shape index (κ2) is 6.78. The lowest BCUT2D eigenvalue weighted by atomic mass is 10.3. The average Bonchev–Trinajstić information content (AvgIpc) is 3.24. The Bertz CT molecular complexity index is 638. The fourth-order valence-corrected chi connectivity index (χ4v) is 3.35. The van der Waals surface area contributed by atoms with Crippen molar-refractivity contribution in [3.8, 4) is 0 Å². The number of nitrogen functional groups attached to an aromatic ring is 1. The van der Waals surface area contributed by atoms with Crippen LogP contribution >= 0.6 is 27.5 Å². The van der Waals surface area contributed by atoms with E-state index in [2.05, 4.69) is 20.7 Å². The number of hydrogen-bond donors (Lipinski definition) is 2. The van der Waals surface area contributed by atoms with E-state index in [4.69, 9.17) is 22.1 Å². The summed E-state index contributed by atoms with van der Waals surface area (Å²) in [4.78, 5) is -0.574. The molecule has 118 valence electrons. The van der Waals surface area contributed by atoms with Gasteiger partial charge in [0.2, 0.25) is 10.0 Å². The number of nitrogens with one attached hydrogen (secondary N) is 1. The van der Waals surface area contributed by atoms with Crippen molar-refractivity contribution in [2.24, 2.45) is 5.92 Å². The highest BCUT2D eigenvalue weighted by atomic mass is 79.9. The van der Waals surface area contributed by atoms with Gasteiger partial charge in [-0.05, 0) is 40.8 Å². The summed E-state index contributed by atoms with van der Waals surface area (Å²) in [6.07, 6.45) is 2.32. The molecule has 2 rings (SSSR count). The van der Waals surface area contributed by atoms with E-state index >= 15 is 0 Å². The van der Waals surface area contributed by atoms with E-state index < -0.39 is 20.7 Å². The normalized spacial score (nSPS) is 15.4. The third-order valence-corrected chi connectivity index (χ3v) is 5.88. The van der Waals surface area contributed by atoms with Crippen LogP contribution in [0.4, 0.5) is 10.1 Å². The zero-order valence-electron chi connectivity index (χ0n) is 11.0. The molecular weight excluding hydrogens is 387 g/mol.